The molecule has 1 N–H and O–H groups in total. The van der Waals surface area contributed by atoms with E-state index in [1.807, 2.05) is 0 Å². The standard InChI is InChI=1S/C25H29N3O6/c29-13-16-11-25(12-16)14-27(15-25)8-2-1-3-9-34-17-4-5-18-19(10-17)24(33)28(23(18)32)20-6-7-21(30)26-22(20)31/h4-5,10,13,16,20H,1-3,6-9,11-12,14-15H2,(H,26,30,31). The quantitative estimate of drug-likeness (QED) is 0.333. The summed E-state index contributed by atoms with van der Waals surface area (Å²) in [5.41, 5.74) is 0.904. The van der Waals surface area contributed by atoms with E-state index >= 15 is 0 Å². The summed E-state index contributed by atoms with van der Waals surface area (Å²) in [6.07, 6.45) is 6.45. The van der Waals surface area contributed by atoms with Gasteiger partial charge in [0.05, 0.1) is 17.7 Å². The highest BCUT2D eigenvalue weighted by Gasteiger charge is 2.51. The van der Waals surface area contributed by atoms with E-state index in [1.54, 1.807) is 18.2 Å². The molecule has 180 valence electrons. The Labute approximate surface area is 197 Å². The highest BCUT2D eigenvalue weighted by Crippen LogP contribution is 2.51. The lowest BCUT2D eigenvalue weighted by atomic mass is 9.58. The first-order chi connectivity index (χ1) is 16.4. The molecule has 1 aliphatic carbocycles. The zero-order chi connectivity index (χ0) is 23.9. The maximum Gasteiger partial charge on any atom is 0.262 e. The van der Waals surface area contributed by atoms with Crippen LogP contribution < -0.4 is 10.1 Å². The van der Waals surface area contributed by atoms with Crippen LogP contribution >= 0.6 is 0 Å². The number of likely N-dealkylation sites (tertiary alicyclic amines) is 1. The van der Waals surface area contributed by atoms with Gasteiger partial charge in [0.15, 0.2) is 0 Å². The van der Waals surface area contributed by atoms with Gasteiger partial charge in [-0.15, -0.1) is 0 Å². The third-order valence-electron chi connectivity index (χ3n) is 7.50. The van der Waals surface area contributed by atoms with E-state index in [1.165, 1.54) is 0 Å². The first-order valence-corrected chi connectivity index (χ1v) is 12.1. The van der Waals surface area contributed by atoms with Crippen LogP contribution in [0.4, 0.5) is 0 Å². The molecule has 0 aromatic heterocycles. The maximum absolute atomic E-state index is 12.9. The summed E-state index contributed by atoms with van der Waals surface area (Å²) in [6.45, 7) is 3.82. The van der Waals surface area contributed by atoms with Crippen LogP contribution in [0.1, 0.15) is 65.7 Å². The molecular weight excluding hydrogens is 438 g/mol. The van der Waals surface area contributed by atoms with Gasteiger partial charge in [0.2, 0.25) is 11.8 Å². The molecular formula is C25H29N3O6. The van der Waals surface area contributed by atoms with E-state index in [4.69, 9.17) is 4.74 Å². The number of benzene rings is 1. The fourth-order valence-corrected chi connectivity index (χ4v) is 5.81. The van der Waals surface area contributed by atoms with Crippen LogP contribution in [-0.2, 0) is 14.4 Å². The lowest BCUT2D eigenvalue weighted by molar-refractivity contribution is -0.136. The van der Waals surface area contributed by atoms with Crippen LogP contribution in [0.25, 0.3) is 0 Å². The average molecular weight is 468 g/mol. The molecule has 3 aliphatic heterocycles. The number of piperidine rings is 1. The average Bonchev–Trinajstić information content (AvgIpc) is 3.00. The molecule has 1 aromatic rings. The summed E-state index contributed by atoms with van der Waals surface area (Å²) in [5.74, 6) is -1.26. The van der Waals surface area contributed by atoms with Gasteiger partial charge in [0.1, 0.15) is 18.1 Å². The molecule has 4 amide bonds. The Morgan fingerprint density at radius 3 is 2.53 bits per heavy atom. The number of aldehydes is 1. The molecule has 5 rings (SSSR count). The molecule has 1 atom stereocenters. The van der Waals surface area contributed by atoms with Gasteiger partial charge in [-0.05, 0) is 68.7 Å². The van der Waals surface area contributed by atoms with Crippen LogP contribution in [0.15, 0.2) is 18.2 Å². The lowest BCUT2D eigenvalue weighted by Crippen LogP contribution is -2.62. The Morgan fingerprint density at radius 1 is 1.03 bits per heavy atom. The Morgan fingerprint density at radius 2 is 1.79 bits per heavy atom. The van der Waals surface area contributed by atoms with Crippen molar-refractivity contribution in [3.63, 3.8) is 0 Å². The molecule has 0 bridgehead atoms. The fourth-order valence-electron chi connectivity index (χ4n) is 5.81. The maximum atomic E-state index is 12.9. The SMILES string of the molecule is O=CC1CC2(C1)CN(CCCCCOc1ccc3c(c1)C(=O)N(C1CCC(=O)NC1=O)C3=O)C2. The minimum absolute atomic E-state index is 0.0947. The zero-order valence-electron chi connectivity index (χ0n) is 19.1. The van der Waals surface area contributed by atoms with E-state index in [2.05, 4.69) is 10.2 Å². The Hall–Kier alpha value is -3.07. The number of carbonyl (C=O) groups excluding carboxylic acids is 5. The van der Waals surface area contributed by atoms with Gasteiger partial charge in [0.25, 0.3) is 11.8 Å². The number of carbonyl (C=O) groups is 5. The third-order valence-corrected chi connectivity index (χ3v) is 7.50. The predicted octanol–water partition coefficient (Wildman–Crippen LogP) is 1.55. The van der Waals surface area contributed by atoms with E-state index in [9.17, 15) is 24.0 Å². The predicted molar refractivity (Wildman–Crippen MR) is 120 cm³/mol. The van der Waals surface area contributed by atoms with Gasteiger partial charge in [-0.25, -0.2) is 0 Å². The topological polar surface area (TPSA) is 113 Å². The largest absolute Gasteiger partial charge is 0.494 e. The second-order valence-electron chi connectivity index (χ2n) is 10.1. The number of fused-ring (bicyclic) bond motifs is 1. The van der Waals surface area contributed by atoms with E-state index in [-0.39, 0.29) is 29.9 Å². The number of nitrogens with zero attached hydrogens (tertiary/aromatic N) is 2. The van der Waals surface area contributed by atoms with Crippen molar-refractivity contribution in [1.29, 1.82) is 0 Å². The number of rotatable bonds is 9. The summed E-state index contributed by atoms with van der Waals surface area (Å²) in [5, 5.41) is 2.19. The summed E-state index contributed by atoms with van der Waals surface area (Å²) in [7, 11) is 0. The van der Waals surface area contributed by atoms with Gasteiger partial charge >= 0.3 is 0 Å². The van der Waals surface area contributed by atoms with Crippen LogP contribution in [-0.4, -0.2) is 72.0 Å². The number of ether oxygens (including phenoxy) is 1. The number of nitrogens with one attached hydrogen (secondary N) is 1. The molecule has 9 nitrogen and oxygen atoms in total. The lowest BCUT2D eigenvalue weighted by Gasteiger charge is -2.58. The molecule has 1 saturated carbocycles. The first-order valence-electron chi connectivity index (χ1n) is 12.1. The molecule has 1 spiro atoms. The van der Waals surface area contributed by atoms with Gasteiger partial charge in [0, 0.05) is 25.4 Å². The van der Waals surface area contributed by atoms with Crippen LogP contribution in [0, 0.1) is 11.3 Å². The monoisotopic (exact) mass is 467 g/mol. The van der Waals surface area contributed by atoms with Crippen molar-refractivity contribution < 1.29 is 28.7 Å². The van der Waals surface area contributed by atoms with Crippen molar-refractivity contribution in [3.05, 3.63) is 29.3 Å². The fraction of sp³-hybridized carbons (Fsp3) is 0.560. The molecule has 3 fully saturated rings. The number of imide groups is 2. The van der Waals surface area contributed by atoms with E-state index < -0.39 is 29.7 Å². The number of unbranched alkanes of at least 4 members (excludes halogenated alkanes) is 2. The molecule has 2 saturated heterocycles. The number of hydrogen-bond acceptors (Lipinski definition) is 7. The smallest absolute Gasteiger partial charge is 0.262 e. The second kappa shape index (κ2) is 8.94. The third kappa shape index (κ3) is 4.13. The van der Waals surface area contributed by atoms with Crippen LogP contribution in [0.2, 0.25) is 0 Å². The molecule has 1 unspecified atom stereocenters. The van der Waals surface area contributed by atoms with Gasteiger partial charge in [-0.2, -0.15) is 0 Å². The van der Waals surface area contributed by atoms with Crippen molar-refractivity contribution in [1.82, 2.24) is 15.1 Å². The summed E-state index contributed by atoms with van der Waals surface area (Å²) >= 11 is 0. The van der Waals surface area contributed by atoms with Crippen molar-refractivity contribution in [2.24, 2.45) is 11.3 Å². The molecule has 4 aliphatic rings. The van der Waals surface area contributed by atoms with Crippen LogP contribution in [0.5, 0.6) is 5.75 Å². The van der Waals surface area contributed by atoms with Crippen LogP contribution in [0.3, 0.4) is 0 Å². The van der Waals surface area contributed by atoms with Gasteiger partial charge in [-0.3, -0.25) is 29.4 Å². The zero-order valence-corrected chi connectivity index (χ0v) is 19.1. The molecule has 1 aromatic carbocycles. The molecule has 3 heterocycles. The summed E-state index contributed by atoms with van der Waals surface area (Å²) in [6, 6.07) is 3.83. The number of amides is 4. The molecule has 34 heavy (non-hydrogen) atoms. The van der Waals surface area contributed by atoms with Crippen molar-refractivity contribution in [2.75, 3.05) is 26.2 Å². The second-order valence-corrected chi connectivity index (χ2v) is 10.1. The molecule has 9 heteroatoms. The normalized spacial score (nSPS) is 24.0. The minimum Gasteiger partial charge on any atom is -0.494 e. The van der Waals surface area contributed by atoms with E-state index in [0.717, 1.165) is 62.9 Å². The van der Waals surface area contributed by atoms with Crippen molar-refractivity contribution >= 4 is 29.9 Å². The summed E-state index contributed by atoms with van der Waals surface area (Å²) in [4.78, 5) is 63.3. The first kappa shape index (κ1) is 22.7. The highest BCUT2D eigenvalue weighted by molar-refractivity contribution is 6.23. The Bertz CT molecular complexity index is 1040. The number of hydrogen-bond donors (Lipinski definition) is 1. The summed E-state index contributed by atoms with van der Waals surface area (Å²) < 4.78 is 5.81. The van der Waals surface area contributed by atoms with Gasteiger partial charge in [-0.1, -0.05) is 0 Å². The molecule has 0 radical (unpaired) electrons. The van der Waals surface area contributed by atoms with E-state index in [0.29, 0.717) is 17.8 Å². The highest BCUT2D eigenvalue weighted by atomic mass is 16.5. The van der Waals surface area contributed by atoms with Crippen molar-refractivity contribution in [2.45, 2.75) is 51.0 Å². The Kier molecular flexibility index (Phi) is 5.97. The van der Waals surface area contributed by atoms with Crippen molar-refractivity contribution in [3.8, 4) is 5.75 Å². The van der Waals surface area contributed by atoms with Gasteiger partial charge < -0.3 is 14.4 Å². The minimum atomic E-state index is -0.966. The Balaban J connectivity index is 1.05.